The van der Waals surface area contributed by atoms with E-state index < -0.39 is 22.7 Å². The van der Waals surface area contributed by atoms with Gasteiger partial charge < -0.3 is 15.8 Å². The second-order valence-electron chi connectivity index (χ2n) is 4.46. The highest BCUT2D eigenvalue weighted by atomic mass is 19.1. The molecule has 0 saturated heterocycles. The van der Waals surface area contributed by atoms with Crippen LogP contribution in [0, 0.1) is 15.9 Å². The number of nitro groups is 1. The highest BCUT2D eigenvalue weighted by Gasteiger charge is 2.18. The second kappa shape index (κ2) is 6.80. The van der Waals surface area contributed by atoms with E-state index in [1.165, 1.54) is 0 Å². The Kier molecular flexibility index (Phi) is 5.39. The molecule has 1 rings (SSSR count). The third-order valence-electron chi connectivity index (χ3n) is 2.41. The van der Waals surface area contributed by atoms with Gasteiger partial charge in [0.25, 0.3) is 5.69 Å². The molecule has 3 N–H and O–H groups in total. The topological polar surface area (TPSA) is 107 Å². The quantitative estimate of drug-likeness (QED) is 0.573. The number of rotatable bonds is 7. The fourth-order valence-electron chi connectivity index (χ4n) is 1.51. The van der Waals surface area contributed by atoms with Crippen LogP contribution in [0.2, 0.25) is 0 Å². The van der Waals surface area contributed by atoms with Crippen LogP contribution in [0.3, 0.4) is 0 Å². The van der Waals surface area contributed by atoms with Crippen LogP contribution in [0.5, 0.6) is 5.75 Å². The Labute approximate surface area is 115 Å². The second-order valence-corrected chi connectivity index (χ2v) is 4.46. The lowest BCUT2D eigenvalue weighted by Gasteiger charge is -2.18. The van der Waals surface area contributed by atoms with Crippen LogP contribution in [-0.4, -0.2) is 29.5 Å². The number of nitrogens with two attached hydrogens (primary N) is 1. The van der Waals surface area contributed by atoms with E-state index in [1.807, 2.05) is 13.8 Å². The molecule has 0 heterocycles. The summed E-state index contributed by atoms with van der Waals surface area (Å²) in [4.78, 5) is 20.9. The molecular formula is C12H16FN3O4. The molecule has 0 aromatic heterocycles. The molecule has 7 nitrogen and oxygen atoms in total. The van der Waals surface area contributed by atoms with Crippen molar-refractivity contribution >= 4 is 11.6 Å². The molecule has 0 bridgehead atoms. The smallest absolute Gasteiger partial charge is 0.272 e. The normalized spacial score (nSPS) is 12.2. The number of primary amides is 1. The first-order valence-electron chi connectivity index (χ1n) is 5.93. The van der Waals surface area contributed by atoms with E-state index >= 15 is 0 Å². The summed E-state index contributed by atoms with van der Waals surface area (Å²) in [5.41, 5.74) is 4.81. The molecule has 1 aromatic rings. The van der Waals surface area contributed by atoms with E-state index in [4.69, 9.17) is 10.5 Å². The van der Waals surface area contributed by atoms with Crippen molar-refractivity contribution in [2.24, 2.45) is 5.73 Å². The van der Waals surface area contributed by atoms with Gasteiger partial charge in [-0.15, -0.1) is 0 Å². The molecule has 1 aromatic carbocycles. The number of ether oxygens (including phenoxy) is 1. The van der Waals surface area contributed by atoms with Gasteiger partial charge in [0.15, 0.2) is 11.6 Å². The van der Waals surface area contributed by atoms with Crippen molar-refractivity contribution in [2.45, 2.75) is 25.9 Å². The summed E-state index contributed by atoms with van der Waals surface area (Å²) in [6, 6.07) is 2.24. The van der Waals surface area contributed by atoms with Crippen LogP contribution >= 0.6 is 0 Å². The minimum absolute atomic E-state index is 0.00203. The van der Waals surface area contributed by atoms with E-state index in [1.54, 1.807) is 0 Å². The zero-order valence-electron chi connectivity index (χ0n) is 11.1. The molecule has 20 heavy (non-hydrogen) atoms. The molecule has 110 valence electrons. The summed E-state index contributed by atoms with van der Waals surface area (Å²) in [6.45, 7) is 3.48. The number of carbonyl (C=O) groups is 1. The van der Waals surface area contributed by atoms with Crippen LogP contribution in [0.1, 0.15) is 13.8 Å². The SMILES string of the molecule is CC(C)NC(COc1ccc([N+](=O)[O-])cc1F)C(N)=O. The number of halogens is 1. The zero-order chi connectivity index (χ0) is 15.3. The molecule has 0 fully saturated rings. The van der Waals surface area contributed by atoms with Crippen molar-refractivity contribution in [1.29, 1.82) is 0 Å². The van der Waals surface area contributed by atoms with Gasteiger partial charge in [0, 0.05) is 12.1 Å². The van der Waals surface area contributed by atoms with Crippen molar-refractivity contribution in [2.75, 3.05) is 6.61 Å². The third kappa shape index (κ3) is 4.47. The summed E-state index contributed by atoms with van der Waals surface area (Å²) in [6.07, 6.45) is 0. The van der Waals surface area contributed by atoms with Crippen LogP contribution in [0.4, 0.5) is 10.1 Å². The van der Waals surface area contributed by atoms with E-state index in [9.17, 15) is 19.3 Å². The highest BCUT2D eigenvalue weighted by Crippen LogP contribution is 2.22. The number of nitro benzene ring substituents is 1. The highest BCUT2D eigenvalue weighted by molar-refractivity contribution is 5.80. The number of nitrogens with zero attached hydrogens (tertiary/aromatic N) is 1. The van der Waals surface area contributed by atoms with Crippen LogP contribution in [-0.2, 0) is 4.79 Å². The maximum absolute atomic E-state index is 13.6. The summed E-state index contributed by atoms with van der Waals surface area (Å²) in [5.74, 6) is -1.67. The molecule has 0 spiro atoms. The lowest BCUT2D eigenvalue weighted by molar-refractivity contribution is -0.385. The van der Waals surface area contributed by atoms with E-state index in [0.29, 0.717) is 0 Å². The first kappa shape index (κ1) is 15.8. The summed E-state index contributed by atoms with van der Waals surface area (Å²) in [5, 5.41) is 13.3. The molecule has 0 aliphatic heterocycles. The number of hydrogen-bond acceptors (Lipinski definition) is 5. The average molecular weight is 285 g/mol. The number of hydrogen-bond donors (Lipinski definition) is 2. The Morgan fingerprint density at radius 2 is 2.20 bits per heavy atom. The minimum atomic E-state index is -0.869. The van der Waals surface area contributed by atoms with E-state index in [0.717, 1.165) is 18.2 Å². The van der Waals surface area contributed by atoms with E-state index in [-0.39, 0.29) is 24.1 Å². The average Bonchev–Trinajstić information content (AvgIpc) is 2.34. The predicted molar refractivity (Wildman–Crippen MR) is 69.8 cm³/mol. The maximum Gasteiger partial charge on any atom is 0.272 e. The summed E-state index contributed by atoms with van der Waals surface area (Å²) in [7, 11) is 0. The van der Waals surface area contributed by atoms with Gasteiger partial charge in [-0.25, -0.2) is 4.39 Å². The fourth-order valence-corrected chi connectivity index (χ4v) is 1.51. The maximum atomic E-state index is 13.6. The summed E-state index contributed by atoms with van der Waals surface area (Å²) >= 11 is 0. The molecule has 0 radical (unpaired) electrons. The van der Waals surface area contributed by atoms with Crippen LogP contribution in [0.25, 0.3) is 0 Å². The first-order chi connectivity index (χ1) is 9.31. The third-order valence-corrected chi connectivity index (χ3v) is 2.41. The van der Waals surface area contributed by atoms with Gasteiger partial charge in [-0.3, -0.25) is 14.9 Å². The van der Waals surface area contributed by atoms with Crippen LogP contribution in [0.15, 0.2) is 18.2 Å². The fraction of sp³-hybridized carbons (Fsp3) is 0.417. The largest absolute Gasteiger partial charge is 0.488 e. The van der Waals surface area contributed by atoms with Crippen molar-refractivity contribution in [3.05, 3.63) is 34.1 Å². The van der Waals surface area contributed by atoms with Crippen LogP contribution < -0.4 is 15.8 Å². The first-order valence-corrected chi connectivity index (χ1v) is 5.93. The Bertz CT molecular complexity index is 507. The summed E-state index contributed by atoms with van der Waals surface area (Å²) < 4.78 is 18.7. The Morgan fingerprint density at radius 3 is 2.65 bits per heavy atom. The number of benzene rings is 1. The standard InChI is InChI=1S/C12H16FN3O4/c1-7(2)15-10(12(14)17)6-20-11-4-3-8(16(18)19)5-9(11)13/h3-5,7,10,15H,6H2,1-2H3,(H2,14,17). The minimum Gasteiger partial charge on any atom is -0.488 e. The predicted octanol–water partition coefficient (Wildman–Crippen LogP) is 0.965. The molecule has 0 aliphatic carbocycles. The Morgan fingerprint density at radius 1 is 1.55 bits per heavy atom. The molecular weight excluding hydrogens is 269 g/mol. The molecule has 1 atom stereocenters. The lowest BCUT2D eigenvalue weighted by Crippen LogP contribution is -2.48. The Hall–Kier alpha value is -2.22. The molecule has 1 amide bonds. The van der Waals surface area contributed by atoms with Gasteiger partial charge in [-0.2, -0.15) is 0 Å². The van der Waals surface area contributed by atoms with Gasteiger partial charge >= 0.3 is 0 Å². The van der Waals surface area contributed by atoms with E-state index in [2.05, 4.69) is 5.32 Å². The van der Waals surface area contributed by atoms with Crippen molar-refractivity contribution in [3.8, 4) is 5.75 Å². The number of carbonyl (C=O) groups excluding carboxylic acids is 1. The molecule has 8 heteroatoms. The van der Waals surface area contributed by atoms with Gasteiger partial charge in [-0.1, -0.05) is 13.8 Å². The van der Waals surface area contributed by atoms with Crippen molar-refractivity contribution in [1.82, 2.24) is 5.32 Å². The van der Waals surface area contributed by atoms with Gasteiger partial charge in [-0.05, 0) is 6.07 Å². The molecule has 1 unspecified atom stereocenters. The lowest BCUT2D eigenvalue weighted by atomic mass is 10.2. The Balaban J connectivity index is 2.73. The monoisotopic (exact) mass is 285 g/mol. The van der Waals surface area contributed by atoms with Crippen molar-refractivity contribution < 1.29 is 18.8 Å². The van der Waals surface area contributed by atoms with Gasteiger partial charge in [0.05, 0.1) is 11.0 Å². The zero-order valence-corrected chi connectivity index (χ0v) is 11.1. The molecule has 0 saturated carbocycles. The number of nitrogens with one attached hydrogen (secondary N) is 1. The van der Waals surface area contributed by atoms with Gasteiger partial charge in [0.2, 0.25) is 5.91 Å². The number of amides is 1. The number of non-ortho nitro benzene ring substituents is 1. The van der Waals surface area contributed by atoms with Crippen molar-refractivity contribution in [3.63, 3.8) is 0 Å². The van der Waals surface area contributed by atoms with Gasteiger partial charge in [0.1, 0.15) is 12.6 Å². The molecule has 0 aliphatic rings.